The molecule has 0 aliphatic carbocycles. The molecule has 3 heteroatoms. The van der Waals surface area contributed by atoms with E-state index in [-0.39, 0.29) is 8.80 Å². The fraction of sp³-hybridized carbons (Fsp3) is 0.429. The zero-order valence-corrected chi connectivity index (χ0v) is 13.3. The monoisotopic (exact) mass is 260 g/mol. The lowest BCUT2D eigenvalue weighted by Gasteiger charge is -2.41. The second-order valence-electron chi connectivity index (χ2n) is 5.85. The van der Waals surface area contributed by atoms with Gasteiger partial charge in [0.1, 0.15) is 0 Å². The van der Waals surface area contributed by atoms with Gasteiger partial charge in [0.05, 0.1) is 8.07 Å². The Morgan fingerprint density at radius 2 is 1.82 bits per heavy atom. The minimum absolute atomic E-state index is 0.198. The van der Waals surface area contributed by atoms with Gasteiger partial charge in [0.25, 0.3) is 0 Å². The van der Waals surface area contributed by atoms with Gasteiger partial charge in [0.2, 0.25) is 0 Å². The number of nitrogens with zero attached hydrogens (tertiary/aromatic N) is 1. The van der Waals surface area contributed by atoms with Gasteiger partial charge in [-0.1, -0.05) is 50.5 Å². The molecule has 1 aromatic rings. The average Bonchev–Trinajstić information content (AvgIpc) is 2.28. The average molecular weight is 261 g/mol. The van der Waals surface area contributed by atoms with E-state index < -0.39 is 8.07 Å². The zero-order chi connectivity index (χ0) is 12.5. The summed E-state index contributed by atoms with van der Waals surface area (Å²) in [6, 6.07) is 10.7. The van der Waals surface area contributed by atoms with Crippen LogP contribution in [0.5, 0.6) is 0 Å². The van der Waals surface area contributed by atoms with Crippen molar-refractivity contribution in [2.75, 3.05) is 11.1 Å². The first-order valence-corrected chi connectivity index (χ1v) is 12.2. The van der Waals surface area contributed by atoms with Gasteiger partial charge < -0.3 is 4.90 Å². The lowest BCUT2D eigenvalue weighted by molar-refractivity contribution is 1.05. The molecule has 2 rings (SSSR count). The maximum Gasteiger partial charge on any atom is 0.0741 e. The van der Waals surface area contributed by atoms with Gasteiger partial charge in [-0.3, -0.25) is 0 Å². The van der Waals surface area contributed by atoms with Crippen molar-refractivity contribution in [3.05, 3.63) is 42.6 Å². The van der Waals surface area contributed by atoms with Crippen LogP contribution in [-0.2, 0) is 0 Å². The molecule has 0 saturated carbocycles. The SMILES string of the molecule is C[Si](C)C1C=CN(c2ccccc2)C[Si]1(C)C. The van der Waals surface area contributed by atoms with Crippen LogP contribution in [0.3, 0.4) is 0 Å². The Hall–Kier alpha value is -0.806. The van der Waals surface area contributed by atoms with E-state index in [0.717, 1.165) is 5.16 Å². The van der Waals surface area contributed by atoms with Crippen LogP contribution in [0, 0.1) is 0 Å². The standard InChI is InChI=1S/C14H22NSi2/c1-16(2)14-10-11-15(12-17(14,3)4)13-8-6-5-7-9-13/h5-11,14H,12H2,1-4H3. The van der Waals surface area contributed by atoms with Crippen molar-refractivity contribution in [2.24, 2.45) is 0 Å². The molecule has 1 aliphatic heterocycles. The molecule has 1 aliphatic rings. The van der Waals surface area contributed by atoms with E-state index in [1.54, 1.807) is 0 Å². The predicted molar refractivity (Wildman–Crippen MR) is 81.6 cm³/mol. The van der Waals surface area contributed by atoms with Crippen molar-refractivity contribution in [1.29, 1.82) is 0 Å². The Balaban J connectivity index is 2.24. The second-order valence-corrected chi connectivity index (χ2v) is 14.1. The number of benzene rings is 1. The number of rotatable bonds is 2. The largest absolute Gasteiger partial charge is 0.351 e. The van der Waals surface area contributed by atoms with Crippen LogP contribution in [0.4, 0.5) is 5.69 Å². The summed E-state index contributed by atoms with van der Waals surface area (Å²) in [6.45, 7) is 9.97. The van der Waals surface area contributed by atoms with Crippen LogP contribution in [-0.4, -0.2) is 23.0 Å². The van der Waals surface area contributed by atoms with Gasteiger partial charge in [0.15, 0.2) is 0 Å². The number of anilines is 1. The number of hydrogen-bond donors (Lipinski definition) is 0. The third-order valence-electron chi connectivity index (χ3n) is 3.59. The topological polar surface area (TPSA) is 3.24 Å². The van der Waals surface area contributed by atoms with E-state index in [1.165, 1.54) is 11.9 Å². The molecule has 17 heavy (non-hydrogen) atoms. The summed E-state index contributed by atoms with van der Waals surface area (Å²) in [5, 5.41) is 0.910. The first kappa shape index (κ1) is 12.6. The molecular weight excluding hydrogens is 238 g/mol. The van der Waals surface area contributed by atoms with Gasteiger partial charge in [-0.2, -0.15) is 0 Å². The molecule has 0 fully saturated rings. The summed E-state index contributed by atoms with van der Waals surface area (Å²) >= 11 is 0. The van der Waals surface area contributed by atoms with Crippen LogP contribution in [0.2, 0.25) is 31.4 Å². The van der Waals surface area contributed by atoms with E-state index in [0.29, 0.717) is 0 Å². The predicted octanol–water partition coefficient (Wildman–Crippen LogP) is 3.93. The van der Waals surface area contributed by atoms with Gasteiger partial charge in [-0.05, 0) is 23.5 Å². The smallest absolute Gasteiger partial charge is 0.0741 e. The van der Waals surface area contributed by atoms with Gasteiger partial charge >= 0.3 is 0 Å². The highest BCUT2D eigenvalue weighted by Gasteiger charge is 2.36. The lowest BCUT2D eigenvalue weighted by Crippen LogP contribution is -2.50. The molecule has 91 valence electrons. The van der Waals surface area contributed by atoms with Crippen LogP contribution in [0.15, 0.2) is 42.6 Å². The van der Waals surface area contributed by atoms with Crippen molar-refractivity contribution in [3.63, 3.8) is 0 Å². The summed E-state index contributed by atoms with van der Waals surface area (Å²) in [5.74, 6) is 0. The summed E-state index contributed by atoms with van der Waals surface area (Å²) in [5.41, 5.74) is 1.34. The van der Waals surface area contributed by atoms with Crippen molar-refractivity contribution in [2.45, 2.75) is 31.4 Å². The molecule has 0 amide bonds. The number of allylic oxidation sites excluding steroid dienone is 1. The minimum atomic E-state index is -1.14. The number of hydrogen-bond acceptors (Lipinski definition) is 1. The first-order chi connectivity index (χ1) is 8.00. The van der Waals surface area contributed by atoms with Crippen LogP contribution < -0.4 is 4.90 Å². The first-order valence-electron chi connectivity index (χ1n) is 6.31. The third-order valence-corrected chi connectivity index (χ3v) is 12.1. The van der Waals surface area contributed by atoms with E-state index in [4.69, 9.17) is 0 Å². The van der Waals surface area contributed by atoms with E-state index in [1.807, 2.05) is 0 Å². The molecule has 0 N–H and O–H groups in total. The van der Waals surface area contributed by atoms with E-state index in [9.17, 15) is 0 Å². The highest BCUT2D eigenvalue weighted by molar-refractivity contribution is 6.91. The quantitative estimate of drug-likeness (QED) is 0.728. The molecule has 1 heterocycles. The highest BCUT2D eigenvalue weighted by atomic mass is 28.4. The van der Waals surface area contributed by atoms with Crippen molar-refractivity contribution < 1.29 is 0 Å². The fourth-order valence-electron chi connectivity index (χ4n) is 2.81. The van der Waals surface area contributed by atoms with Gasteiger partial charge in [-0.15, -0.1) is 0 Å². The molecule has 1 aromatic carbocycles. The molecule has 1 nitrogen and oxygen atoms in total. The number of para-hydroxylation sites is 1. The highest BCUT2D eigenvalue weighted by Crippen LogP contribution is 2.33. The second kappa shape index (κ2) is 4.82. The zero-order valence-electron chi connectivity index (χ0n) is 11.3. The Kier molecular flexibility index (Phi) is 3.59. The Bertz CT molecular complexity index is 398. The molecule has 0 spiro atoms. The summed E-state index contributed by atoms with van der Waals surface area (Å²) in [6.07, 6.45) is 6.06. The van der Waals surface area contributed by atoms with Gasteiger partial charge in [0, 0.05) is 20.7 Å². The molecule has 1 unspecified atom stereocenters. The Morgan fingerprint density at radius 1 is 1.18 bits per heavy atom. The maximum absolute atomic E-state index is 2.54. The Morgan fingerprint density at radius 3 is 2.35 bits per heavy atom. The molecular formula is C14H22NSi2. The van der Waals surface area contributed by atoms with E-state index >= 15 is 0 Å². The maximum atomic E-state index is 2.54. The molecule has 0 bridgehead atoms. The minimum Gasteiger partial charge on any atom is -0.351 e. The van der Waals surface area contributed by atoms with Crippen molar-refractivity contribution in [3.8, 4) is 0 Å². The van der Waals surface area contributed by atoms with Crippen LogP contribution in [0.25, 0.3) is 0 Å². The van der Waals surface area contributed by atoms with Crippen molar-refractivity contribution in [1.82, 2.24) is 0 Å². The molecule has 0 saturated heterocycles. The van der Waals surface area contributed by atoms with Gasteiger partial charge in [-0.25, -0.2) is 0 Å². The third kappa shape index (κ3) is 2.72. The summed E-state index contributed by atoms with van der Waals surface area (Å²) in [4.78, 5) is 2.44. The summed E-state index contributed by atoms with van der Waals surface area (Å²) in [7, 11) is -1.34. The molecule has 0 aromatic heterocycles. The van der Waals surface area contributed by atoms with Crippen LogP contribution in [0.1, 0.15) is 0 Å². The van der Waals surface area contributed by atoms with E-state index in [2.05, 4.69) is 73.7 Å². The van der Waals surface area contributed by atoms with Crippen molar-refractivity contribution >= 4 is 22.6 Å². The molecule has 1 radical (unpaired) electrons. The normalized spacial score (nSPS) is 23.1. The Labute approximate surface area is 108 Å². The summed E-state index contributed by atoms with van der Waals surface area (Å²) < 4.78 is 0. The molecule has 1 atom stereocenters. The van der Waals surface area contributed by atoms with Crippen LogP contribution >= 0.6 is 0 Å². The lowest BCUT2D eigenvalue weighted by atomic mass is 10.3. The fourth-order valence-corrected chi connectivity index (χ4v) is 11.8.